The summed E-state index contributed by atoms with van der Waals surface area (Å²) in [6.07, 6.45) is 0. The maximum Gasteiger partial charge on any atom is 0.165 e. The fourth-order valence-electron chi connectivity index (χ4n) is 1.92. The van der Waals surface area contributed by atoms with Crippen molar-refractivity contribution in [1.82, 2.24) is 5.01 Å². The van der Waals surface area contributed by atoms with Crippen molar-refractivity contribution in [2.75, 3.05) is 0 Å². The predicted octanol–water partition coefficient (Wildman–Crippen LogP) is 2.05. The van der Waals surface area contributed by atoms with Crippen LogP contribution in [-0.2, 0) is 0 Å². The van der Waals surface area contributed by atoms with Gasteiger partial charge in [-0.2, -0.15) is 5.10 Å². The van der Waals surface area contributed by atoms with Crippen LogP contribution in [0.3, 0.4) is 0 Å². The minimum atomic E-state index is -1.13. The van der Waals surface area contributed by atoms with Crippen molar-refractivity contribution in [3.63, 3.8) is 0 Å². The zero-order valence-electron chi connectivity index (χ0n) is 10.3. The largest absolute Gasteiger partial charge is 0.369 e. The van der Waals surface area contributed by atoms with Crippen molar-refractivity contribution < 1.29 is 5.11 Å². The zero-order chi connectivity index (χ0) is 12.6. The van der Waals surface area contributed by atoms with E-state index in [0.29, 0.717) is 0 Å². The highest BCUT2D eigenvalue weighted by Gasteiger charge is 2.43. The molecule has 0 unspecified atom stereocenters. The van der Waals surface area contributed by atoms with Crippen LogP contribution in [0.5, 0.6) is 0 Å². The summed E-state index contributed by atoms with van der Waals surface area (Å²) in [5, 5.41) is 24.2. The van der Waals surface area contributed by atoms with E-state index in [-0.39, 0.29) is 11.8 Å². The lowest BCUT2D eigenvalue weighted by molar-refractivity contribution is -0.0609. The summed E-state index contributed by atoms with van der Waals surface area (Å²) in [5.74, 6) is 0.144. The van der Waals surface area contributed by atoms with Crippen LogP contribution in [-0.4, -0.2) is 27.4 Å². The lowest BCUT2D eigenvalue weighted by Gasteiger charge is -2.32. The molecular weight excluding hydrogens is 214 g/mol. The third-order valence-electron chi connectivity index (χ3n) is 3.39. The molecule has 0 aromatic heterocycles. The van der Waals surface area contributed by atoms with Crippen molar-refractivity contribution in [3.8, 4) is 0 Å². The molecule has 0 bridgehead atoms. The molecule has 0 saturated carbocycles. The number of aliphatic hydroxyl groups is 1. The van der Waals surface area contributed by atoms with Crippen LogP contribution in [0.15, 0.2) is 35.4 Å². The Bertz CT molecular complexity index is 465. The molecule has 2 rings (SSSR count). The molecule has 0 radical (unpaired) electrons. The molecule has 0 spiro atoms. The molecule has 1 aliphatic rings. The summed E-state index contributed by atoms with van der Waals surface area (Å²) < 4.78 is 0. The molecule has 4 nitrogen and oxygen atoms in total. The first-order valence-electron chi connectivity index (χ1n) is 5.66. The fourth-order valence-corrected chi connectivity index (χ4v) is 1.92. The minimum absolute atomic E-state index is 0.0773. The van der Waals surface area contributed by atoms with Crippen molar-refractivity contribution >= 4 is 11.5 Å². The molecule has 0 amide bonds. The van der Waals surface area contributed by atoms with Gasteiger partial charge in [0, 0.05) is 17.2 Å². The predicted molar refractivity (Wildman–Crippen MR) is 68.0 cm³/mol. The number of hydrogen-bond acceptors (Lipinski definition) is 3. The fraction of sp³-hybridized carbons (Fsp3) is 0.385. The van der Waals surface area contributed by atoms with Crippen LogP contribution in [0.25, 0.3) is 0 Å². The van der Waals surface area contributed by atoms with Crippen molar-refractivity contribution in [2.24, 2.45) is 11.0 Å². The van der Waals surface area contributed by atoms with Gasteiger partial charge in [-0.1, -0.05) is 37.3 Å². The Kier molecular flexibility index (Phi) is 2.75. The van der Waals surface area contributed by atoms with E-state index in [1.807, 2.05) is 44.2 Å². The van der Waals surface area contributed by atoms with Gasteiger partial charge < -0.3 is 5.11 Å². The molecule has 4 heteroatoms. The monoisotopic (exact) mass is 231 g/mol. The van der Waals surface area contributed by atoms with Gasteiger partial charge in [0.05, 0.1) is 0 Å². The molecule has 1 heterocycles. The number of hydrazone groups is 1. The highest BCUT2D eigenvalue weighted by Crippen LogP contribution is 2.31. The average molecular weight is 231 g/mol. The summed E-state index contributed by atoms with van der Waals surface area (Å²) >= 11 is 0. The molecule has 2 atom stereocenters. The van der Waals surface area contributed by atoms with Gasteiger partial charge in [-0.05, 0) is 13.8 Å². The van der Waals surface area contributed by atoms with Crippen LogP contribution in [0.4, 0.5) is 0 Å². The van der Waals surface area contributed by atoms with E-state index in [4.69, 9.17) is 5.41 Å². The van der Waals surface area contributed by atoms with Crippen LogP contribution < -0.4 is 0 Å². The average Bonchev–Trinajstić information content (AvgIpc) is 2.53. The third-order valence-corrected chi connectivity index (χ3v) is 3.39. The highest BCUT2D eigenvalue weighted by atomic mass is 16.3. The van der Waals surface area contributed by atoms with Crippen molar-refractivity contribution in [1.29, 1.82) is 5.41 Å². The minimum Gasteiger partial charge on any atom is -0.369 e. The number of nitrogens with one attached hydrogen (secondary N) is 1. The number of benzene rings is 1. The molecule has 17 heavy (non-hydrogen) atoms. The van der Waals surface area contributed by atoms with Gasteiger partial charge in [0.2, 0.25) is 0 Å². The third kappa shape index (κ3) is 1.85. The highest BCUT2D eigenvalue weighted by molar-refractivity contribution is 5.99. The maximum absolute atomic E-state index is 10.4. The van der Waals surface area contributed by atoms with E-state index < -0.39 is 5.72 Å². The SMILES string of the molecule is CC1=NN(C(=N)c2ccccc2)[C@](C)(O)[C@H]1C. The summed E-state index contributed by atoms with van der Waals surface area (Å²) in [7, 11) is 0. The van der Waals surface area contributed by atoms with Crippen LogP contribution in [0.1, 0.15) is 26.3 Å². The lowest BCUT2D eigenvalue weighted by Crippen LogP contribution is -2.47. The smallest absolute Gasteiger partial charge is 0.165 e. The van der Waals surface area contributed by atoms with E-state index in [0.717, 1.165) is 11.3 Å². The van der Waals surface area contributed by atoms with Gasteiger partial charge in [-0.3, -0.25) is 5.41 Å². The first-order valence-corrected chi connectivity index (χ1v) is 5.66. The van der Waals surface area contributed by atoms with Crippen LogP contribution >= 0.6 is 0 Å². The van der Waals surface area contributed by atoms with Gasteiger partial charge in [0.1, 0.15) is 0 Å². The maximum atomic E-state index is 10.4. The molecule has 2 N–H and O–H groups in total. The van der Waals surface area contributed by atoms with Crippen molar-refractivity contribution in [3.05, 3.63) is 35.9 Å². The standard InChI is InChI=1S/C13H17N3O/c1-9-10(2)15-16(13(9,3)17)12(14)11-7-5-4-6-8-11/h4-9,14,17H,1-3H3/t9-,13+/m0/s1. The summed E-state index contributed by atoms with van der Waals surface area (Å²) in [4.78, 5) is 0. The summed E-state index contributed by atoms with van der Waals surface area (Å²) in [6, 6.07) is 9.32. The Hall–Kier alpha value is -1.68. The molecule has 1 aromatic rings. The van der Waals surface area contributed by atoms with E-state index >= 15 is 0 Å². The summed E-state index contributed by atoms with van der Waals surface area (Å²) in [6.45, 7) is 5.48. The first-order chi connectivity index (χ1) is 7.94. The Morgan fingerprint density at radius 1 is 1.41 bits per heavy atom. The van der Waals surface area contributed by atoms with Crippen LogP contribution in [0, 0.1) is 11.3 Å². The van der Waals surface area contributed by atoms with Gasteiger partial charge in [0.15, 0.2) is 11.6 Å². The zero-order valence-corrected chi connectivity index (χ0v) is 10.3. The Morgan fingerprint density at radius 3 is 2.47 bits per heavy atom. The van der Waals surface area contributed by atoms with Gasteiger partial charge in [-0.25, -0.2) is 5.01 Å². The number of nitrogens with zero attached hydrogens (tertiary/aromatic N) is 2. The second kappa shape index (κ2) is 3.96. The molecule has 1 aromatic carbocycles. The van der Waals surface area contributed by atoms with Crippen molar-refractivity contribution in [2.45, 2.75) is 26.5 Å². The van der Waals surface area contributed by atoms with E-state index in [9.17, 15) is 5.11 Å². The number of hydrogen-bond donors (Lipinski definition) is 2. The Morgan fingerprint density at radius 2 is 2.00 bits per heavy atom. The molecule has 0 saturated heterocycles. The van der Waals surface area contributed by atoms with E-state index in [1.165, 1.54) is 5.01 Å². The lowest BCUT2D eigenvalue weighted by atomic mass is 9.96. The van der Waals surface area contributed by atoms with Gasteiger partial charge in [0.25, 0.3) is 0 Å². The first kappa shape index (κ1) is 11.8. The van der Waals surface area contributed by atoms with E-state index in [2.05, 4.69) is 5.10 Å². The normalized spacial score (nSPS) is 28.1. The molecule has 1 aliphatic heterocycles. The molecule has 0 aliphatic carbocycles. The Balaban J connectivity index is 2.34. The molecule has 0 fully saturated rings. The van der Waals surface area contributed by atoms with Gasteiger partial charge in [-0.15, -0.1) is 0 Å². The topological polar surface area (TPSA) is 59.7 Å². The Labute approximate surface area is 101 Å². The van der Waals surface area contributed by atoms with Crippen LogP contribution in [0.2, 0.25) is 0 Å². The second-order valence-corrected chi connectivity index (χ2v) is 4.58. The van der Waals surface area contributed by atoms with E-state index in [1.54, 1.807) is 6.92 Å². The number of amidine groups is 1. The second-order valence-electron chi connectivity index (χ2n) is 4.58. The quantitative estimate of drug-likeness (QED) is 0.574. The summed E-state index contributed by atoms with van der Waals surface area (Å²) in [5.41, 5.74) is 0.464. The van der Waals surface area contributed by atoms with Gasteiger partial charge >= 0.3 is 0 Å². The molecular formula is C13H17N3O. The number of rotatable bonds is 1. The molecule has 90 valence electrons.